The van der Waals surface area contributed by atoms with Gasteiger partial charge in [-0.05, 0) is 132 Å². The standard InChI is InChI=1S/C68H46N2/c1-4-18-48(19-5-1)58-26-12-13-27-62(58)67-60(49-20-6-2-7-21-49)29-16-32-65(67)69(55-41-36-47(37-42-55)52-40-45-59-53(46-52)35-34-50-22-10-11-25-57(50)59)56-43-38-51(39-44-56)61-30-17-33-66-68(61)63-28-14-15-31-64(63)70(66)54-23-8-3-9-24-54/h1-46H. The van der Waals surface area contributed by atoms with Crippen LogP contribution >= 0.6 is 0 Å². The first-order chi connectivity index (χ1) is 34.7. The number of benzene rings is 12. The molecule has 0 aliphatic rings. The van der Waals surface area contributed by atoms with E-state index in [0.29, 0.717) is 0 Å². The third-order valence-corrected chi connectivity index (χ3v) is 14.0. The molecule has 1 aromatic heterocycles. The van der Waals surface area contributed by atoms with Crippen molar-refractivity contribution in [3.05, 3.63) is 279 Å². The van der Waals surface area contributed by atoms with Crippen LogP contribution in [0, 0.1) is 0 Å². The molecule has 0 atom stereocenters. The van der Waals surface area contributed by atoms with Crippen LogP contribution in [-0.4, -0.2) is 4.57 Å². The SMILES string of the molecule is c1ccc(-c2ccccc2-c2c(-c3ccccc3)cccc2N(c2ccc(-c3ccc4c(ccc5ccccc54)c3)cc2)c2ccc(-c3cccc4c3c3ccccc3n4-c3ccccc3)cc2)cc1. The zero-order valence-electron chi connectivity index (χ0n) is 38.5. The van der Waals surface area contributed by atoms with E-state index in [1.54, 1.807) is 0 Å². The summed E-state index contributed by atoms with van der Waals surface area (Å²) in [7, 11) is 0. The fourth-order valence-corrected chi connectivity index (χ4v) is 10.8. The molecule has 0 N–H and O–H groups in total. The Kier molecular flexibility index (Phi) is 10.2. The van der Waals surface area contributed by atoms with Crippen LogP contribution in [0.1, 0.15) is 0 Å². The second-order valence-corrected chi connectivity index (χ2v) is 18.0. The Hall–Kier alpha value is -9.24. The van der Waals surface area contributed by atoms with Crippen molar-refractivity contribution in [2.75, 3.05) is 4.90 Å². The van der Waals surface area contributed by atoms with Gasteiger partial charge in [0.15, 0.2) is 0 Å². The number of nitrogens with zero attached hydrogens (tertiary/aromatic N) is 2. The molecule has 0 fully saturated rings. The quantitative estimate of drug-likeness (QED) is 0.131. The minimum atomic E-state index is 1.07. The van der Waals surface area contributed by atoms with Crippen LogP contribution in [0.4, 0.5) is 17.1 Å². The molecule has 2 nitrogen and oxygen atoms in total. The highest BCUT2D eigenvalue weighted by Crippen LogP contribution is 2.49. The van der Waals surface area contributed by atoms with Crippen LogP contribution in [0.15, 0.2) is 279 Å². The van der Waals surface area contributed by atoms with E-state index in [-0.39, 0.29) is 0 Å². The van der Waals surface area contributed by atoms with Gasteiger partial charge in [0.1, 0.15) is 0 Å². The van der Waals surface area contributed by atoms with E-state index in [2.05, 4.69) is 289 Å². The third-order valence-electron chi connectivity index (χ3n) is 14.0. The minimum Gasteiger partial charge on any atom is -0.310 e. The first kappa shape index (κ1) is 41.0. The highest BCUT2D eigenvalue weighted by atomic mass is 15.1. The zero-order chi connectivity index (χ0) is 46.4. The summed E-state index contributed by atoms with van der Waals surface area (Å²) < 4.78 is 2.39. The number of para-hydroxylation sites is 2. The van der Waals surface area contributed by atoms with E-state index in [1.807, 2.05) is 0 Å². The lowest BCUT2D eigenvalue weighted by Crippen LogP contribution is -2.12. The van der Waals surface area contributed by atoms with Gasteiger partial charge in [-0.1, -0.05) is 218 Å². The normalized spacial score (nSPS) is 11.4. The molecule has 2 heteroatoms. The van der Waals surface area contributed by atoms with Gasteiger partial charge < -0.3 is 9.47 Å². The molecule has 13 rings (SSSR count). The zero-order valence-corrected chi connectivity index (χ0v) is 38.5. The first-order valence-electron chi connectivity index (χ1n) is 24.1. The summed E-state index contributed by atoms with van der Waals surface area (Å²) in [6.07, 6.45) is 0. The predicted molar refractivity (Wildman–Crippen MR) is 298 cm³/mol. The molecule has 0 saturated heterocycles. The number of rotatable bonds is 9. The van der Waals surface area contributed by atoms with Crippen molar-refractivity contribution in [2.24, 2.45) is 0 Å². The largest absolute Gasteiger partial charge is 0.310 e. The van der Waals surface area contributed by atoms with Crippen molar-refractivity contribution < 1.29 is 0 Å². The Morgan fingerprint density at radius 3 is 1.51 bits per heavy atom. The molecule has 0 unspecified atom stereocenters. The second kappa shape index (κ2) is 17.4. The van der Waals surface area contributed by atoms with E-state index in [1.165, 1.54) is 93.4 Å². The van der Waals surface area contributed by atoms with E-state index in [0.717, 1.165) is 28.3 Å². The summed E-state index contributed by atoms with van der Waals surface area (Å²) in [5.41, 5.74) is 18.5. The molecule has 70 heavy (non-hydrogen) atoms. The lowest BCUT2D eigenvalue weighted by Gasteiger charge is -2.30. The topological polar surface area (TPSA) is 8.17 Å². The number of hydrogen-bond acceptors (Lipinski definition) is 1. The van der Waals surface area contributed by atoms with Crippen LogP contribution in [0.5, 0.6) is 0 Å². The molecule has 13 aromatic rings. The molecule has 0 saturated carbocycles. The average molecular weight is 891 g/mol. The average Bonchev–Trinajstić information content (AvgIpc) is 3.79. The highest BCUT2D eigenvalue weighted by Gasteiger charge is 2.24. The smallest absolute Gasteiger partial charge is 0.0547 e. The summed E-state index contributed by atoms with van der Waals surface area (Å²) in [6.45, 7) is 0. The van der Waals surface area contributed by atoms with Crippen molar-refractivity contribution in [3.63, 3.8) is 0 Å². The van der Waals surface area contributed by atoms with Crippen LogP contribution < -0.4 is 4.90 Å². The molecule has 0 bridgehead atoms. The van der Waals surface area contributed by atoms with E-state index in [9.17, 15) is 0 Å². The summed E-state index contributed by atoms with van der Waals surface area (Å²) in [6, 6.07) is 102. The van der Waals surface area contributed by atoms with Gasteiger partial charge in [0.25, 0.3) is 0 Å². The Labute approximate surface area is 408 Å². The maximum absolute atomic E-state index is 2.45. The molecular weight excluding hydrogens is 845 g/mol. The van der Waals surface area contributed by atoms with E-state index >= 15 is 0 Å². The maximum atomic E-state index is 2.45. The third kappa shape index (κ3) is 7.13. The summed E-state index contributed by atoms with van der Waals surface area (Å²) in [4.78, 5) is 2.45. The van der Waals surface area contributed by atoms with Gasteiger partial charge >= 0.3 is 0 Å². The molecule has 0 aliphatic heterocycles. The van der Waals surface area contributed by atoms with Gasteiger partial charge in [-0.2, -0.15) is 0 Å². The molecule has 1 heterocycles. The van der Waals surface area contributed by atoms with Crippen molar-refractivity contribution in [2.45, 2.75) is 0 Å². The molecule has 0 amide bonds. The Balaban J connectivity index is 0.996. The Bertz CT molecular complexity index is 4020. The van der Waals surface area contributed by atoms with Gasteiger partial charge in [0.05, 0.1) is 16.7 Å². The van der Waals surface area contributed by atoms with E-state index in [4.69, 9.17) is 0 Å². The minimum absolute atomic E-state index is 1.07. The second-order valence-electron chi connectivity index (χ2n) is 18.0. The number of anilines is 3. The maximum Gasteiger partial charge on any atom is 0.0547 e. The molecule has 0 aliphatic carbocycles. The summed E-state index contributed by atoms with van der Waals surface area (Å²) in [5, 5.41) is 7.53. The lowest BCUT2D eigenvalue weighted by molar-refractivity contribution is 1.18. The van der Waals surface area contributed by atoms with Gasteiger partial charge in [0, 0.05) is 33.4 Å². The van der Waals surface area contributed by atoms with Gasteiger partial charge in [-0.15, -0.1) is 0 Å². The van der Waals surface area contributed by atoms with Crippen molar-refractivity contribution >= 4 is 60.4 Å². The van der Waals surface area contributed by atoms with Crippen LogP contribution in [-0.2, 0) is 0 Å². The monoisotopic (exact) mass is 890 g/mol. The van der Waals surface area contributed by atoms with Gasteiger partial charge in [-0.3, -0.25) is 0 Å². The predicted octanol–water partition coefficient (Wildman–Crippen LogP) is 18.9. The summed E-state index contributed by atoms with van der Waals surface area (Å²) >= 11 is 0. The first-order valence-corrected chi connectivity index (χ1v) is 24.1. The van der Waals surface area contributed by atoms with E-state index < -0.39 is 0 Å². The lowest BCUT2D eigenvalue weighted by atomic mass is 9.87. The Morgan fingerprint density at radius 1 is 0.271 bits per heavy atom. The Morgan fingerprint density at radius 2 is 0.771 bits per heavy atom. The van der Waals surface area contributed by atoms with Crippen molar-refractivity contribution in [1.82, 2.24) is 4.57 Å². The van der Waals surface area contributed by atoms with Gasteiger partial charge in [0.2, 0.25) is 0 Å². The number of fused-ring (bicyclic) bond motifs is 6. The summed E-state index contributed by atoms with van der Waals surface area (Å²) in [5.74, 6) is 0. The van der Waals surface area contributed by atoms with Crippen LogP contribution in [0.3, 0.4) is 0 Å². The molecule has 12 aromatic carbocycles. The molecule has 0 radical (unpaired) electrons. The molecule has 328 valence electrons. The number of aromatic nitrogens is 1. The molecular formula is C68H46N2. The number of hydrogen-bond donors (Lipinski definition) is 0. The van der Waals surface area contributed by atoms with Gasteiger partial charge in [-0.25, -0.2) is 0 Å². The van der Waals surface area contributed by atoms with Crippen molar-refractivity contribution in [3.8, 4) is 61.3 Å². The van der Waals surface area contributed by atoms with Crippen LogP contribution in [0.25, 0.3) is 105 Å². The molecule has 0 spiro atoms. The highest BCUT2D eigenvalue weighted by molar-refractivity contribution is 6.16. The van der Waals surface area contributed by atoms with Crippen molar-refractivity contribution in [1.29, 1.82) is 0 Å². The fourth-order valence-electron chi connectivity index (χ4n) is 10.8. The fraction of sp³-hybridized carbons (Fsp3) is 0. The van der Waals surface area contributed by atoms with Crippen LogP contribution in [0.2, 0.25) is 0 Å².